The molecule has 2 rings (SSSR count). The second kappa shape index (κ2) is 7.12. The number of nitrogens with two attached hydrogens (primary N) is 1. The van der Waals surface area contributed by atoms with Crippen LogP contribution in [-0.4, -0.2) is 11.6 Å². The first-order valence-corrected chi connectivity index (χ1v) is 6.64. The quantitative estimate of drug-likeness (QED) is 0.649. The number of halogens is 1. The number of hydrogen-bond donors (Lipinski definition) is 1. The maximum Gasteiger partial charge on any atom is 0.0736 e. The molecule has 19 heavy (non-hydrogen) atoms. The molecule has 0 aliphatic rings. The molecule has 3 nitrogen and oxygen atoms in total. The van der Waals surface area contributed by atoms with Crippen LogP contribution in [0.1, 0.15) is 17.5 Å². The minimum absolute atomic E-state index is 0.527. The minimum Gasteiger partial charge on any atom is -0.398 e. The molecule has 0 radical (unpaired) electrons. The molecule has 0 aliphatic carbocycles. The lowest BCUT2D eigenvalue weighted by molar-refractivity contribution is 0.119. The van der Waals surface area contributed by atoms with Gasteiger partial charge in [-0.25, -0.2) is 0 Å². The van der Waals surface area contributed by atoms with Crippen LogP contribution in [0.25, 0.3) is 0 Å². The van der Waals surface area contributed by atoms with Gasteiger partial charge in [0, 0.05) is 35.3 Å². The summed E-state index contributed by atoms with van der Waals surface area (Å²) >= 11 is 5.84. The van der Waals surface area contributed by atoms with Crippen molar-refractivity contribution in [3.8, 4) is 0 Å². The normalized spacial score (nSPS) is 10.6. The van der Waals surface area contributed by atoms with Crippen LogP contribution in [0.2, 0.25) is 5.02 Å². The number of benzene rings is 1. The maximum atomic E-state index is 5.86. The van der Waals surface area contributed by atoms with E-state index < -0.39 is 0 Å². The van der Waals surface area contributed by atoms with Gasteiger partial charge in [-0.05, 0) is 42.7 Å². The summed E-state index contributed by atoms with van der Waals surface area (Å²) in [6.07, 6.45) is 5.60. The molecule has 0 saturated carbocycles. The molecule has 0 unspecified atom stereocenters. The van der Waals surface area contributed by atoms with Gasteiger partial charge in [0.1, 0.15) is 0 Å². The Morgan fingerprint density at radius 3 is 2.68 bits per heavy atom. The van der Waals surface area contributed by atoms with E-state index in [0.29, 0.717) is 23.9 Å². The van der Waals surface area contributed by atoms with Gasteiger partial charge in [0.25, 0.3) is 0 Å². The summed E-state index contributed by atoms with van der Waals surface area (Å²) in [6, 6.07) is 9.53. The third kappa shape index (κ3) is 4.54. The topological polar surface area (TPSA) is 48.1 Å². The van der Waals surface area contributed by atoms with Gasteiger partial charge in [-0.3, -0.25) is 4.98 Å². The van der Waals surface area contributed by atoms with Gasteiger partial charge in [0.2, 0.25) is 0 Å². The van der Waals surface area contributed by atoms with Crippen molar-refractivity contribution in [2.45, 2.75) is 19.4 Å². The van der Waals surface area contributed by atoms with E-state index in [0.717, 1.165) is 18.4 Å². The predicted molar refractivity (Wildman–Crippen MR) is 78.1 cm³/mol. The largest absolute Gasteiger partial charge is 0.398 e. The highest BCUT2D eigenvalue weighted by Crippen LogP contribution is 2.18. The average molecular weight is 277 g/mol. The monoisotopic (exact) mass is 276 g/mol. The van der Waals surface area contributed by atoms with Crippen molar-refractivity contribution in [3.63, 3.8) is 0 Å². The van der Waals surface area contributed by atoms with Crippen molar-refractivity contribution in [1.82, 2.24) is 4.98 Å². The Hall–Kier alpha value is -1.58. The number of pyridine rings is 1. The fourth-order valence-corrected chi connectivity index (χ4v) is 1.99. The zero-order valence-electron chi connectivity index (χ0n) is 10.7. The van der Waals surface area contributed by atoms with Crippen molar-refractivity contribution in [1.29, 1.82) is 0 Å². The van der Waals surface area contributed by atoms with Crippen LogP contribution in [0.15, 0.2) is 42.7 Å². The average Bonchev–Trinajstić information content (AvgIpc) is 2.42. The number of nitrogens with zero attached hydrogens (tertiary/aromatic N) is 1. The predicted octanol–water partition coefficient (Wildman–Crippen LogP) is 3.47. The Morgan fingerprint density at radius 2 is 1.95 bits per heavy atom. The SMILES string of the molecule is Nc1cc(Cl)ccc1COCCCc1ccncc1. The van der Waals surface area contributed by atoms with Crippen LogP contribution in [0.5, 0.6) is 0 Å². The van der Waals surface area contributed by atoms with E-state index in [-0.39, 0.29) is 0 Å². The van der Waals surface area contributed by atoms with Crippen molar-refractivity contribution in [2.75, 3.05) is 12.3 Å². The molecule has 0 aliphatic heterocycles. The molecule has 100 valence electrons. The summed E-state index contributed by atoms with van der Waals surface area (Å²) < 4.78 is 5.62. The van der Waals surface area contributed by atoms with Crippen molar-refractivity contribution in [3.05, 3.63) is 58.9 Å². The Morgan fingerprint density at radius 1 is 1.16 bits per heavy atom. The third-order valence-corrected chi connectivity index (χ3v) is 3.10. The molecular weight excluding hydrogens is 260 g/mol. The number of hydrogen-bond acceptors (Lipinski definition) is 3. The summed E-state index contributed by atoms with van der Waals surface area (Å²) in [6.45, 7) is 1.24. The van der Waals surface area contributed by atoms with E-state index >= 15 is 0 Å². The Labute approximate surface area is 118 Å². The minimum atomic E-state index is 0.527. The number of nitrogen functional groups attached to an aromatic ring is 1. The third-order valence-electron chi connectivity index (χ3n) is 2.87. The lowest BCUT2D eigenvalue weighted by Gasteiger charge is -2.07. The van der Waals surface area contributed by atoms with E-state index in [1.54, 1.807) is 6.07 Å². The summed E-state index contributed by atoms with van der Waals surface area (Å²) in [7, 11) is 0. The molecule has 0 spiro atoms. The first-order valence-electron chi connectivity index (χ1n) is 6.26. The number of ether oxygens (including phenoxy) is 1. The van der Waals surface area contributed by atoms with Crippen LogP contribution in [0, 0.1) is 0 Å². The molecule has 2 aromatic rings. The van der Waals surface area contributed by atoms with Gasteiger partial charge in [0.05, 0.1) is 6.61 Å². The van der Waals surface area contributed by atoms with Crippen LogP contribution in [0.3, 0.4) is 0 Å². The number of aryl methyl sites for hydroxylation is 1. The summed E-state index contributed by atoms with van der Waals surface area (Å²) in [5.41, 5.74) is 8.80. The number of rotatable bonds is 6. The molecule has 4 heteroatoms. The lowest BCUT2D eigenvalue weighted by Crippen LogP contribution is -2.00. The molecule has 1 aromatic carbocycles. The molecule has 2 N–H and O–H groups in total. The number of anilines is 1. The smallest absolute Gasteiger partial charge is 0.0736 e. The van der Waals surface area contributed by atoms with E-state index in [2.05, 4.69) is 4.98 Å². The van der Waals surface area contributed by atoms with Crippen molar-refractivity contribution < 1.29 is 4.74 Å². The van der Waals surface area contributed by atoms with Crippen LogP contribution >= 0.6 is 11.6 Å². The van der Waals surface area contributed by atoms with Gasteiger partial charge in [-0.1, -0.05) is 17.7 Å². The summed E-state index contributed by atoms with van der Waals surface area (Å²) in [5.74, 6) is 0. The Balaban J connectivity index is 1.69. The van der Waals surface area contributed by atoms with Gasteiger partial charge in [-0.15, -0.1) is 0 Å². The highest BCUT2D eigenvalue weighted by Gasteiger charge is 2.00. The van der Waals surface area contributed by atoms with Crippen LogP contribution in [-0.2, 0) is 17.8 Å². The van der Waals surface area contributed by atoms with Gasteiger partial charge in [-0.2, -0.15) is 0 Å². The first-order chi connectivity index (χ1) is 9.25. The first kappa shape index (κ1) is 13.8. The van der Waals surface area contributed by atoms with Crippen LogP contribution < -0.4 is 5.73 Å². The highest BCUT2D eigenvalue weighted by molar-refractivity contribution is 6.30. The van der Waals surface area contributed by atoms with Crippen LogP contribution in [0.4, 0.5) is 5.69 Å². The molecule has 0 bridgehead atoms. The molecule has 0 saturated heterocycles. The summed E-state index contributed by atoms with van der Waals surface area (Å²) in [4.78, 5) is 3.99. The zero-order chi connectivity index (χ0) is 13.5. The lowest BCUT2D eigenvalue weighted by atomic mass is 10.1. The Kier molecular flexibility index (Phi) is 5.19. The highest BCUT2D eigenvalue weighted by atomic mass is 35.5. The molecule has 0 fully saturated rings. The maximum absolute atomic E-state index is 5.86. The van der Waals surface area contributed by atoms with E-state index in [4.69, 9.17) is 22.1 Å². The van der Waals surface area contributed by atoms with Gasteiger partial charge < -0.3 is 10.5 Å². The molecule has 1 heterocycles. The number of aromatic nitrogens is 1. The molecule has 1 aromatic heterocycles. The van der Waals surface area contributed by atoms with E-state index in [9.17, 15) is 0 Å². The van der Waals surface area contributed by atoms with Crippen molar-refractivity contribution in [2.24, 2.45) is 0 Å². The molecule has 0 atom stereocenters. The second-order valence-electron chi connectivity index (χ2n) is 4.35. The fourth-order valence-electron chi connectivity index (χ4n) is 1.81. The van der Waals surface area contributed by atoms with E-state index in [1.165, 1.54) is 5.56 Å². The zero-order valence-corrected chi connectivity index (χ0v) is 11.4. The van der Waals surface area contributed by atoms with Crippen molar-refractivity contribution >= 4 is 17.3 Å². The standard InChI is InChI=1S/C15H17ClN2O/c16-14-4-3-13(15(17)10-14)11-19-9-1-2-12-5-7-18-8-6-12/h3-8,10H,1-2,9,11,17H2. The fraction of sp³-hybridized carbons (Fsp3) is 0.267. The summed E-state index contributed by atoms with van der Waals surface area (Å²) in [5, 5.41) is 0.652. The van der Waals surface area contributed by atoms with Gasteiger partial charge in [0.15, 0.2) is 0 Å². The van der Waals surface area contributed by atoms with Gasteiger partial charge >= 0.3 is 0 Å². The van der Waals surface area contributed by atoms with E-state index in [1.807, 2.05) is 36.7 Å². The molecular formula is C15H17ClN2O. The molecule has 0 amide bonds. The second-order valence-corrected chi connectivity index (χ2v) is 4.79. The Bertz CT molecular complexity index is 517.